The molecular weight excluding hydrogens is 324 g/mol. The Kier molecular flexibility index (Phi) is 4.53. The van der Waals surface area contributed by atoms with Crippen LogP contribution in [0.3, 0.4) is 0 Å². The van der Waals surface area contributed by atoms with Crippen molar-refractivity contribution in [3.8, 4) is 0 Å². The molecule has 1 spiro atoms. The predicted octanol–water partition coefficient (Wildman–Crippen LogP) is 1.04. The zero-order valence-electron chi connectivity index (χ0n) is 14.6. The molecule has 25 heavy (non-hydrogen) atoms. The van der Waals surface area contributed by atoms with Gasteiger partial charge in [-0.1, -0.05) is 0 Å². The van der Waals surface area contributed by atoms with Crippen LogP contribution in [0.15, 0.2) is 6.07 Å². The van der Waals surface area contributed by atoms with Crippen LogP contribution in [0.1, 0.15) is 48.8 Å². The van der Waals surface area contributed by atoms with Crippen LogP contribution < -0.4 is 0 Å². The number of carboxylic acids is 1. The van der Waals surface area contributed by atoms with Gasteiger partial charge in [0.25, 0.3) is 5.91 Å². The maximum atomic E-state index is 12.5. The second kappa shape index (κ2) is 6.50. The second-order valence-corrected chi connectivity index (χ2v) is 7.26. The normalized spacial score (nSPS) is 21.4. The Morgan fingerprint density at radius 1 is 1.32 bits per heavy atom. The summed E-state index contributed by atoms with van der Waals surface area (Å²) in [4.78, 5) is 39.2. The lowest BCUT2D eigenvalue weighted by Crippen LogP contribution is -2.55. The van der Waals surface area contributed by atoms with Gasteiger partial charge in [-0.3, -0.25) is 14.7 Å². The molecule has 0 aromatic carbocycles. The lowest BCUT2D eigenvalue weighted by molar-refractivity contribution is -0.154. The summed E-state index contributed by atoms with van der Waals surface area (Å²) in [5, 5.41) is 16.0. The SMILES string of the molecule is Cc1cc(C(=O)N2CCC3(CCC(=O)N([C@@H](C)C(=O)O)C3)CC2)n[nH]1. The first kappa shape index (κ1) is 17.4. The van der Waals surface area contributed by atoms with E-state index in [0.717, 1.165) is 25.0 Å². The monoisotopic (exact) mass is 348 g/mol. The highest BCUT2D eigenvalue weighted by molar-refractivity contribution is 5.92. The van der Waals surface area contributed by atoms with Gasteiger partial charge in [-0.25, -0.2) is 4.79 Å². The van der Waals surface area contributed by atoms with Gasteiger partial charge < -0.3 is 14.9 Å². The van der Waals surface area contributed by atoms with Crippen molar-refractivity contribution in [3.63, 3.8) is 0 Å². The molecule has 2 aliphatic rings. The Morgan fingerprint density at radius 2 is 2.00 bits per heavy atom. The average Bonchev–Trinajstić information content (AvgIpc) is 3.03. The van der Waals surface area contributed by atoms with E-state index in [9.17, 15) is 19.5 Å². The summed E-state index contributed by atoms with van der Waals surface area (Å²) < 4.78 is 0. The molecule has 0 unspecified atom stereocenters. The van der Waals surface area contributed by atoms with Crippen LogP contribution in [0, 0.1) is 12.3 Å². The first-order valence-corrected chi connectivity index (χ1v) is 8.65. The van der Waals surface area contributed by atoms with Crippen LogP contribution in [-0.2, 0) is 9.59 Å². The number of nitrogens with one attached hydrogen (secondary N) is 1. The number of aliphatic carboxylic acids is 1. The highest BCUT2D eigenvalue weighted by Crippen LogP contribution is 2.41. The first-order valence-electron chi connectivity index (χ1n) is 8.65. The zero-order chi connectivity index (χ0) is 18.2. The summed E-state index contributed by atoms with van der Waals surface area (Å²) >= 11 is 0. The van der Waals surface area contributed by atoms with Crippen LogP contribution in [0.5, 0.6) is 0 Å². The number of H-pyrrole nitrogens is 1. The van der Waals surface area contributed by atoms with Crippen molar-refractivity contribution in [1.29, 1.82) is 0 Å². The van der Waals surface area contributed by atoms with E-state index in [4.69, 9.17) is 0 Å². The van der Waals surface area contributed by atoms with E-state index >= 15 is 0 Å². The van der Waals surface area contributed by atoms with E-state index in [1.54, 1.807) is 17.9 Å². The fourth-order valence-corrected chi connectivity index (χ4v) is 3.81. The molecule has 2 N–H and O–H groups in total. The summed E-state index contributed by atoms with van der Waals surface area (Å²) in [5.74, 6) is -1.15. The molecule has 2 saturated heterocycles. The Bertz CT molecular complexity index is 691. The lowest BCUT2D eigenvalue weighted by atomic mass is 9.72. The molecule has 1 aromatic heterocycles. The summed E-state index contributed by atoms with van der Waals surface area (Å²) in [7, 11) is 0. The molecule has 1 atom stereocenters. The molecule has 2 fully saturated rings. The molecule has 0 radical (unpaired) electrons. The number of hydrogen-bond donors (Lipinski definition) is 2. The van der Waals surface area contributed by atoms with Crippen LogP contribution >= 0.6 is 0 Å². The smallest absolute Gasteiger partial charge is 0.326 e. The highest BCUT2D eigenvalue weighted by Gasteiger charge is 2.44. The summed E-state index contributed by atoms with van der Waals surface area (Å²) in [6.45, 7) is 5.08. The van der Waals surface area contributed by atoms with Gasteiger partial charge in [-0.15, -0.1) is 0 Å². The summed E-state index contributed by atoms with van der Waals surface area (Å²) in [5.41, 5.74) is 1.19. The van der Waals surface area contributed by atoms with E-state index < -0.39 is 12.0 Å². The van der Waals surface area contributed by atoms with Gasteiger partial charge in [0.2, 0.25) is 5.91 Å². The van der Waals surface area contributed by atoms with Gasteiger partial charge in [-0.05, 0) is 44.6 Å². The maximum Gasteiger partial charge on any atom is 0.326 e. The molecule has 8 nitrogen and oxygen atoms in total. The number of aryl methyl sites for hydroxylation is 1. The van der Waals surface area contributed by atoms with Crippen molar-refractivity contribution in [2.45, 2.75) is 45.6 Å². The minimum absolute atomic E-state index is 0.0816. The Labute approximate surface area is 146 Å². The number of aromatic nitrogens is 2. The van der Waals surface area contributed by atoms with Crippen molar-refractivity contribution in [2.24, 2.45) is 5.41 Å². The topological polar surface area (TPSA) is 107 Å². The molecular formula is C17H24N4O4. The largest absolute Gasteiger partial charge is 0.480 e. The molecule has 2 aliphatic heterocycles. The molecule has 1 aromatic rings. The summed E-state index contributed by atoms with van der Waals surface area (Å²) in [6, 6.07) is 0.929. The van der Waals surface area contributed by atoms with Crippen LogP contribution in [0.2, 0.25) is 0 Å². The number of amides is 2. The van der Waals surface area contributed by atoms with Gasteiger partial charge in [0.15, 0.2) is 0 Å². The van der Waals surface area contributed by atoms with E-state index in [1.807, 2.05) is 6.92 Å². The Balaban J connectivity index is 1.65. The van der Waals surface area contributed by atoms with E-state index in [1.165, 1.54) is 4.90 Å². The number of nitrogens with zero attached hydrogens (tertiary/aromatic N) is 3. The van der Waals surface area contributed by atoms with Crippen LogP contribution in [0.25, 0.3) is 0 Å². The van der Waals surface area contributed by atoms with Crippen molar-refractivity contribution in [2.75, 3.05) is 19.6 Å². The van der Waals surface area contributed by atoms with Gasteiger partial charge in [0, 0.05) is 31.7 Å². The number of likely N-dealkylation sites (tertiary alicyclic amines) is 2. The first-order chi connectivity index (χ1) is 11.8. The number of carbonyl (C=O) groups is 3. The van der Waals surface area contributed by atoms with E-state index in [-0.39, 0.29) is 17.2 Å². The highest BCUT2D eigenvalue weighted by atomic mass is 16.4. The molecule has 8 heteroatoms. The van der Waals surface area contributed by atoms with Gasteiger partial charge >= 0.3 is 5.97 Å². The number of hydrogen-bond acceptors (Lipinski definition) is 4. The Morgan fingerprint density at radius 3 is 2.56 bits per heavy atom. The van der Waals surface area contributed by atoms with Crippen molar-refractivity contribution in [1.82, 2.24) is 20.0 Å². The zero-order valence-corrected chi connectivity index (χ0v) is 14.6. The predicted molar refractivity (Wildman–Crippen MR) is 88.9 cm³/mol. The minimum Gasteiger partial charge on any atom is -0.480 e. The number of piperidine rings is 2. The molecule has 0 bridgehead atoms. The molecule has 136 valence electrons. The van der Waals surface area contributed by atoms with Gasteiger partial charge in [0.1, 0.15) is 11.7 Å². The number of carbonyl (C=O) groups excluding carboxylic acids is 2. The van der Waals surface area contributed by atoms with Crippen molar-refractivity contribution in [3.05, 3.63) is 17.5 Å². The fraction of sp³-hybridized carbons (Fsp3) is 0.647. The van der Waals surface area contributed by atoms with Crippen LogP contribution in [0.4, 0.5) is 0 Å². The fourth-order valence-electron chi connectivity index (χ4n) is 3.81. The third-order valence-corrected chi connectivity index (χ3v) is 5.56. The summed E-state index contributed by atoms with van der Waals surface area (Å²) in [6.07, 6.45) is 2.69. The van der Waals surface area contributed by atoms with E-state index in [0.29, 0.717) is 31.7 Å². The quantitative estimate of drug-likeness (QED) is 0.849. The molecule has 3 heterocycles. The number of rotatable bonds is 3. The number of aromatic amines is 1. The van der Waals surface area contributed by atoms with Gasteiger partial charge in [0.05, 0.1) is 0 Å². The molecule has 2 amide bonds. The van der Waals surface area contributed by atoms with Gasteiger partial charge in [-0.2, -0.15) is 5.10 Å². The molecule has 0 aliphatic carbocycles. The van der Waals surface area contributed by atoms with Crippen molar-refractivity contribution >= 4 is 17.8 Å². The molecule has 3 rings (SSSR count). The maximum absolute atomic E-state index is 12.5. The Hall–Kier alpha value is -2.38. The second-order valence-electron chi connectivity index (χ2n) is 7.26. The van der Waals surface area contributed by atoms with Crippen molar-refractivity contribution < 1.29 is 19.5 Å². The molecule has 0 saturated carbocycles. The standard InChI is InChI=1S/C17H24N4O4/c1-11-9-13(19-18-11)15(23)20-7-5-17(6-8-20)4-3-14(22)21(10-17)12(2)16(24)25/h9,12H,3-8,10H2,1-2H3,(H,18,19)(H,24,25)/t12-/m0/s1. The third kappa shape index (κ3) is 3.38. The average molecular weight is 348 g/mol. The lowest BCUT2D eigenvalue weighted by Gasteiger charge is -2.48. The van der Waals surface area contributed by atoms with Crippen LogP contribution in [-0.4, -0.2) is 68.6 Å². The minimum atomic E-state index is -0.980. The number of carboxylic acid groups (broad SMARTS) is 1. The third-order valence-electron chi connectivity index (χ3n) is 5.56. The van der Waals surface area contributed by atoms with E-state index in [2.05, 4.69) is 10.2 Å².